The zero-order valence-electron chi connectivity index (χ0n) is 11.7. The van der Waals surface area contributed by atoms with Gasteiger partial charge in [-0.2, -0.15) is 0 Å². The Balaban J connectivity index is 2.32. The Morgan fingerprint density at radius 1 is 1.20 bits per heavy atom. The Kier molecular flexibility index (Phi) is 4.03. The molecule has 2 aromatic carbocycles. The highest BCUT2D eigenvalue weighted by atomic mass is 19.1. The summed E-state index contributed by atoms with van der Waals surface area (Å²) in [5.74, 6) is 0.150. The number of carbonyl (C=O) groups is 1. The van der Waals surface area contributed by atoms with E-state index in [1.807, 2.05) is 18.2 Å². The lowest BCUT2D eigenvalue weighted by Crippen LogP contribution is -2.26. The molecule has 3 nitrogen and oxygen atoms in total. The zero-order chi connectivity index (χ0) is 14.7. The summed E-state index contributed by atoms with van der Waals surface area (Å²) in [6.07, 6.45) is 0. The summed E-state index contributed by atoms with van der Waals surface area (Å²) in [6, 6.07) is 11.4. The van der Waals surface area contributed by atoms with Crippen molar-refractivity contribution in [2.45, 2.75) is 6.92 Å². The zero-order valence-corrected chi connectivity index (χ0v) is 11.7. The van der Waals surface area contributed by atoms with Crippen molar-refractivity contribution < 1.29 is 13.9 Å². The minimum Gasteiger partial charge on any atom is -0.497 e. The van der Waals surface area contributed by atoms with Gasteiger partial charge < -0.3 is 9.64 Å². The van der Waals surface area contributed by atoms with Gasteiger partial charge in [0.05, 0.1) is 7.11 Å². The third-order valence-electron chi connectivity index (χ3n) is 3.16. The Labute approximate surface area is 117 Å². The van der Waals surface area contributed by atoms with E-state index in [0.29, 0.717) is 16.9 Å². The van der Waals surface area contributed by atoms with Gasteiger partial charge >= 0.3 is 0 Å². The maximum Gasteiger partial charge on any atom is 0.258 e. The number of nitrogens with zero attached hydrogens (tertiary/aromatic N) is 1. The summed E-state index contributed by atoms with van der Waals surface area (Å²) in [5, 5.41) is 0. The summed E-state index contributed by atoms with van der Waals surface area (Å²) >= 11 is 0. The molecular formula is C16H16FNO2. The van der Waals surface area contributed by atoms with Crippen molar-refractivity contribution in [2.24, 2.45) is 0 Å². The van der Waals surface area contributed by atoms with E-state index in [0.717, 1.165) is 5.69 Å². The first-order valence-electron chi connectivity index (χ1n) is 6.21. The predicted octanol–water partition coefficient (Wildman–Crippen LogP) is 3.42. The first-order chi connectivity index (χ1) is 9.52. The fourth-order valence-electron chi connectivity index (χ4n) is 1.98. The Morgan fingerprint density at radius 3 is 2.60 bits per heavy atom. The summed E-state index contributed by atoms with van der Waals surface area (Å²) in [5.41, 5.74) is 1.82. The molecular weight excluding hydrogens is 257 g/mol. The molecule has 0 unspecified atom stereocenters. The van der Waals surface area contributed by atoms with Gasteiger partial charge in [-0.15, -0.1) is 0 Å². The van der Waals surface area contributed by atoms with Crippen LogP contribution in [0.3, 0.4) is 0 Å². The van der Waals surface area contributed by atoms with Crippen molar-refractivity contribution in [2.75, 3.05) is 19.1 Å². The number of aryl methyl sites for hydroxylation is 1. The lowest BCUT2D eigenvalue weighted by Gasteiger charge is -2.19. The lowest BCUT2D eigenvalue weighted by molar-refractivity contribution is 0.0992. The van der Waals surface area contributed by atoms with Gasteiger partial charge in [0.1, 0.15) is 11.6 Å². The molecule has 0 N–H and O–H groups in total. The molecule has 0 saturated heterocycles. The minimum absolute atomic E-state index is 0.184. The summed E-state index contributed by atoms with van der Waals surface area (Å²) < 4.78 is 18.2. The molecule has 0 bridgehead atoms. The molecule has 0 aliphatic rings. The molecule has 0 fully saturated rings. The van der Waals surface area contributed by atoms with E-state index < -0.39 is 0 Å². The molecule has 0 atom stereocenters. The Hall–Kier alpha value is -2.36. The van der Waals surface area contributed by atoms with E-state index in [9.17, 15) is 9.18 Å². The fraction of sp³-hybridized carbons (Fsp3) is 0.188. The molecule has 0 radical (unpaired) electrons. The number of anilines is 1. The van der Waals surface area contributed by atoms with Crippen molar-refractivity contribution in [3.05, 3.63) is 59.4 Å². The number of benzene rings is 2. The normalized spacial score (nSPS) is 10.2. The second kappa shape index (κ2) is 5.74. The molecule has 20 heavy (non-hydrogen) atoms. The molecule has 1 amide bonds. The predicted molar refractivity (Wildman–Crippen MR) is 76.9 cm³/mol. The molecule has 0 aliphatic carbocycles. The average molecular weight is 273 g/mol. The van der Waals surface area contributed by atoms with Crippen LogP contribution < -0.4 is 9.64 Å². The van der Waals surface area contributed by atoms with Crippen LogP contribution in [0.2, 0.25) is 0 Å². The maximum absolute atomic E-state index is 13.1. The van der Waals surface area contributed by atoms with Crippen LogP contribution in [0.15, 0.2) is 42.5 Å². The van der Waals surface area contributed by atoms with Gasteiger partial charge in [0.25, 0.3) is 5.91 Å². The van der Waals surface area contributed by atoms with Crippen molar-refractivity contribution >= 4 is 11.6 Å². The quantitative estimate of drug-likeness (QED) is 0.857. The monoisotopic (exact) mass is 273 g/mol. The minimum atomic E-state index is -0.344. The first kappa shape index (κ1) is 14.1. The topological polar surface area (TPSA) is 29.5 Å². The second-order valence-corrected chi connectivity index (χ2v) is 4.52. The molecule has 0 aromatic heterocycles. The highest BCUT2D eigenvalue weighted by Crippen LogP contribution is 2.22. The number of hydrogen-bond donors (Lipinski definition) is 0. The number of carbonyl (C=O) groups excluding carboxylic acids is 1. The van der Waals surface area contributed by atoms with Crippen LogP contribution in [0.5, 0.6) is 5.75 Å². The Morgan fingerprint density at radius 2 is 1.95 bits per heavy atom. The highest BCUT2D eigenvalue weighted by molar-refractivity contribution is 6.06. The average Bonchev–Trinajstić information content (AvgIpc) is 2.46. The van der Waals surface area contributed by atoms with E-state index in [1.54, 1.807) is 27.1 Å². The molecule has 4 heteroatoms. The molecule has 0 spiro atoms. The number of hydrogen-bond acceptors (Lipinski definition) is 2. The summed E-state index contributed by atoms with van der Waals surface area (Å²) in [7, 11) is 3.25. The van der Waals surface area contributed by atoms with E-state index in [2.05, 4.69) is 0 Å². The number of methoxy groups -OCH3 is 1. The van der Waals surface area contributed by atoms with Gasteiger partial charge in [-0.05, 0) is 42.8 Å². The van der Waals surface area contributed by atoms with Crippen LogP contribution in [-0.2, 0) is 0 Å². The van der Waals surface area contributed by atoms with Gasteiger partial charge in [0.15, 0.2) is 0 Å². The summed E-state index contributed by atoms with van der Waals surface area (Å²) in [4.78, 5) is 14.0. The van der Waals surface area contributed by atoms with Crippen molar-refractivity contribution in [3.63, 3.8) is 0 Å². The molecule has 104 valence electrons. The van der Waals surface area contributed by atoms with Gasteiger partial charge in [-0.3, -0.25) is 4.79 Å². The van der Waals surface area contributed by atoms with Gasteiger partial charge in [0.2, 0.25) is 0 Å². The van der Waals surface area contributed by atoms with Crippen LogP contribution in [0.1, 0.15) is 15.9 Å². The van der Waals surface area contributed by atoms with Gasteiger partial charge in [0, 0.05) is 24.4 Å². The third kappa shape index (κ3) is 2.79. The molecule has 2 aromatic rings. The Bertz CT molecular complexity index is 640. The number of rotatable bonds is 3. The van der Waals surface area contributed by atoms with Crippen molar-refractivity contribution in [1.29, 1.82) is 0 Å². The maximum atomic E-state index is 13.1. The molecule has 2 rings (SSSR count). The number of amides is 1. The van der Waals surface area contributed by atoms with E-state index in [-0.39, 0.29) is 11.7 Å². The smallest absolute Gasteiger partial charge is 0.258 e. The first-order valence-corrected chi connectivity index (χ1v) is 6.21. The lowest BCUT2D eigenvalue weighted by atomic mass is 10.1. The van der Waals surface area contributed by atoms with Crippen LogP contribution >= 0.6 is 0 Å². The SMILES string of the molecule is COc1cccc(N(C)C(=O)c2ccc(F)cc2C)c1. The third-order valence-corrected chi connectivity index (χ3v) is 3.16. The highest BCUT2D eigenvalue weighted by Gasteiger charge is 2.16. The molecule has 0 heterocycles. The van der Waals surface area contributed by atoms with Gasteiger partial charge in [-0.25, -0.2) is 4.39 Å². The van der Waals surface area contributed by atoms with Gasteiger partial charge in [-0.1, -0.05) is 6.07 Å². The van der Waals surface area contributed by atoms with Crippen molar-refractivity contribution in [3.8, 4) is 5.75 Å². The fourth-order valence-corrected chi connectivity index (χ4v) is 1.98. The van der Waals surface area contributed by atoms with Crippen molar-refractivity contribution in [1.82, 2.24) is 0 Å². The van der Waals surface area contributed by atoms with E-state index in [1.165, 1.54) is 23.1 Å². The number of ether oxygens (including phenoxy) is 1. The molecule has 0 aliphatic heterocycles. The van der Waals surface area contributed by atoms with Crippen LogP contribution in [-0.4, -0.2) is 20.1 Å². The second-order valence-electron chi connectivity index (χ2n) is 4.52. The van der Waals surface area contributed by atoms with E-state index >= 15 is 0 Å². The van der Waals surface area contributed by atoms with Crippen LogP contribution in [0.25, 0.3) is 0 Å². The summed E-state index contributed by atoms with van der Waals surface area (Å²) in [6.45, 7) is 1.72. The number of halogens is 1. The van der Waals surface area contributed by atoms with E-state index in [4.69, 9.17) is 4.74 Å². The molecule has 0 saturated carbocycles. The van der Waals surface area contributed by atoms with Crippen LogP contribution in [0, 0.1) is 12.7 Å². The largest absolute Gasteiger partial charge is 0.497 e. The standard InChI is InChI=1S/C16H16FNO2/c1-11-9-12(17)7-8-15(11)16(19)18(2)13-5-4-6-14(10-13)20-3/h4-10H,1-3H3. The van der Waals surface area contributed by atoms with Crippen LogP contribution in [0.4, 0.5) is 10.1 Å².